The predicted octanol–water partition coefficient (Wildman–Crippen LogP) is 10.6. The molecule has 6 aromatic carbocycles. The van der Waals surface area contributed by atoms with Crippen molar-refractivity contribution in [3.8, 4) is 33.4 Å². The van der Waals surface area contributed by atoms with Crippen LogP contribution in [0, 0.1) is 0 Å². The first kappa shape index (κ1) is 28.8. The van der Waals surface area contributed by atoms with E-state index in [2.05, 4.69) is 169 Å². The number of aromatic nitrogens is 1. The Kier molecular flexibility index (Phi) is 7.10. The van der Waals surface area contributed by atoms with Gasteiger partial charge in [-0.3, -0.25) is 4.99 Å². The maximum atomic E-state index is 5.25. The third kappa shape index (κ3) is 4.96. The monoisotopic (exact) mass is 607 g/mol. The number of nitrogens with one attached hydrogen (secondary N) is 1. The number of nitrogens with zero attached hydrogens (tertiary/aromatic N) is 2. The van der Waals surface area contributed by atoms with E-state index in [1.54, 1.807) is 0 Å². The maximum absolute atomic E-state index is 5.25. The molecule has 1 aliphatic carbocycles. The fourth-order valence-electron chi connectivity index (χ4n) is 7.29. The summed E-state index contributed by atoms with van der Waals surface area (Å²) in [6.45, 7) is 5.20. The van der Waals surface area contributed by atoms with Gasteiger partial charge in [-0.05, 0) is 86.6 Å². The Balaban J connectivity index is 1.18. The molecule has 0 saturated carbocycles. The molecule has 0 aliphatic heterocycles. The molecule has 3 heteroatoms. The molecule has 0 bridgehead atoms. The molecule has 228 valence electrons. The molecule has 0 amide bonds. The number of aliphatic imine (C=N–C) groups is 1. The number of hydrogen-bond acceptors (Lipinski definition) is 2. The minimum atomic E-state index is -0.0618. The lowest BCUT2D eigenvalue weighted by atomic mass is 9.82. The average molecular weight is 608 g/mol. The second-order valence-electron chi connectivity index (χ2n) is 12.9. The summed E-state index contributed by atoms with van der Waals surface area (Å²) in [7, 11) is 1.92. The van der Waals surface area contributed by atoms with Gasteiger partial charge in [0.15, 0.2) is 0 Å². The fraction of sp³-hybridized carbons (Fsp3) is 0.114. The number of fused-ring (bicyclic) bond motifs is 6. The first-order valence-electron chi connectivity index (χ1n) is 16.3. The van der Waals surface area contributed by atoms with Crippen LogP contribution in [0.25, 0.3) is 55.2 Å². The predicted molar refractivity (Wildman–Crippen MR) is 199 cm³/mol. The molecule has 7 aromatic rings. The molecule has 47 heavy (non-hydrogen) atoms. The van der Waals surface area contributed by atoms with Gasteiger partial charge in [0.2, 0.25) is 0 Å². The summed E-state index contributed by atoms with van der Waals surface area (Å²) >= 11 is 0. The molecule has 1 N–H and O–H groups in total. The average Bonchev–Trinajstić information content (AvgIpc) is 3.55. The Bertz CT molecular complexity index is 2320. The highest BCUT2D eigenvalue weighted by Crippen LogP contribution is 2.50. The Morgan fingerprint density at radius 1 is 0.617 bits per heavy atom. The van der Waals surface area contributed by atoms with Gasteiger partial charge in [0.25, 0.3) is 0 Å². The van der Waals surface area contributed by atoms with Gasteiger partial charge in [0, 0.05) is 23.2 Å². The van der Waals surface area contributed by atoms with Crippen LogP contribution in [-0.4, -0.2) is 17.3 Å². The van der Waals surface area contributed by atoms with Crippen molar-refractivity contribution in [3.63, 3.8) is 0 Å². The molecule has 1 aromatic heterocycles. The first-order chi connectivity index (χ1) is 23.0. The zero-order chi connectivity index (χ0) is 32.0. The lowest BCUT2D eigenvalue weighted by molar-refractivity contribution is 0.660. The van der Waals surface area contributed by atoms with Crippen molar-refractivity contribution in [1.29, 1.82) is 0 Å². The van der Waals surface area contributed by atoms with E-state index in [1.165, 1.54) is 66.3 Å². The van der Waals surface area contributed by atoms with Gasteiger partial charge < -0.3 is 9.88 Å². The molecule has 0 spiro atoms. The minimum Gasteiger partial charge on any atom is -0.394 e. The largest absolute Gasteiger partial charge is 0.394 e. The Labute approximate surface area is 276 Å². The highest BCUT2D eigenvalue weighted by molar-refractivity contribution is 6.11. The van der Waals surface area contributed by atoms with Crippen molar-refractivity contribution >= 4 is 27.5 Å². The fourth-order valence-corrected chi connectivity index (χ4v) is 7.29. The SMILES string of the molecule is CN/C=C\C(=N/Cn1c2ccccc2c2cc3c(cc21)C(C)(C)c1ccccc1-3)c1ccc(-c2cccc(-c3ccccc3)c2)cc1. The second-order valence-corrected chi connectivity index (χ2v) is 12.9. The van der Waals surface area contributed by atoms with Gasteiger partial charge >= 0.3 is 0 Å². The summed E-state index contributed by atoms with van der Waals surface area (Å²) in [4.78, 5) is 5.25. The lowest BCUT2D eigenvalue weighted by Crippen LogP contribution is -2.15. The van der Waals surface area contributed by atoms with E-state index < -0.39 is 0 Å². The Morgan fingerprint density at radius 2 is 1.30 bits per heavy atom. The summed E-state index contributed by atoms with van der Waals surface area (Å²) in [5.74, 6) is 0. The normalized spacial score (nSPS) is 13.7. The van der Waals surface area contributed by atoms with Crippen LogP contribution in [0.4, 0.5) is 0 Å². The molecule has 1 heterocycles. The number of para-hydroxylation sites is 1. The molecule has 1 aliphatic rings. The van der Waals surface area contributed by atoms with Gasteiger partial charge in [0.05, 0.1) is 16.7 Å². The smallest absolute Gasteiger partial charge is 0.115 e. The van der Waals surface area contributed by atoms with Crippen LogP contribution in [0.5, 0.6) is 0 Å². The van der Waals surface area contributed by atoms with Crippen LogP contribution in [0.3, 0.4) is 0 Å². The van der Waals surface area contributed by atoms with E-state index in [1.807, 2.05) is 13.2 Å². The summed E-state index contributed by atoms with van der Waals surface area (Å²) in [5.41, 5.74) is 14.7. The molecule has 0 atom stereocenters. The summed E-state index contributed by atoms with van der Waals surface area (Å²) < 4.78 is 2.38. The third-order valence-electron chi connectivity index (χ3n) is 9.75. The molecule has 3 nitrogen and oxygen atoms in total. The van der Waals surface area contributed by atoms with Gasteiger partial charge in [0.1, 0.15) is 6.67 Å². The van der Waals surface area contributed by atoms with Gasteiger partial charge in [-0.15, -0.1) is 0 Å². The zero-order valence-corrected chi connectivity index (χ0v) is 27.0. The van der Waals surface area contributed by atoms with E-state index in [-0.39, 0.29) is 5.41 Å². The zero-order valence-electron chi connectivity index (χ0n) is 27.0. The van der Waals surface area contributed by atoms with E-state index in [0.29, 0.717) is 6.67 Å². The van der Waals surface area contributed by atoms with Crippen molar-refractivity contribution in [2.75, 3.05) is 7.05 Å². The second kappa shape index (κ2) is 11.6. The molecule has 8 rings (SSSR count). The van der Waals surface area contributed by atoms with Crippen LogP contribution in [0.1, 0.15) is 30.5 Å². The van der Waals surface area contributed by atoms with Gasteiger partial charge in [-0.2, -0.15) is 0 Å². The molecule has 0 saturated heterocycles. The summed E-state index contributed by atoms with van der Waals surface area (Å²) in [6.07, 6.45) is 4.02. The lowest BCUT2D eigenvalue weighted by Gasteiger charge is -2.21. The van der Waals surface area contributed by atoms with Crippen molar-refractivity contribution in [1.82, 2.24) is 9.88 Å². The third-order valence-corrected chi connectivity index (χ3v) is 9.75. The highest BCUT2D eigenvalue weighted by atomic mass is 15.1. The van der Waals surface area contributed by atoms with Crippen LogP contribution in [-0.2, 0) is 12.1 Å². The molecule has 0 fully saturated rings. The van der Waals surface area contributed by atoms with Gasteiger partial charge in [-0.1, -0.05) is 129 Å². The first-order valence-corrected chi connectivity index (χ1v) is 16.3. The molecule has 0 radical (unpaired) electrons. The Morgan fingerprint density at radius 3 is 2.09 bits per heavy atom. The molecule has 0 unspecified atom stereocenters. The van der Waals surface area contributed by atoms with Crippen LogP contribution >= 0.6 is 0 Å². The summed E-state index contributed by atoms with van der Waals surface area (Å²) in [6, 6.07) is 50.5. The highest BCUT2D eigenvalue weighted by Gasteiger charge is 2.36. The van der Waals surface area contributed by atoms with E-state index in [9.17, 15) is 0 Å². The number of rotatable bonds is 7. The van der Waals surface area contributed by atoms with Gasteiger partial charge in [-0.25, -0.2) is 0 Å². The standard InChI is InChI=1S/C44H37N3/c1-44(2)39-18-9-7-16-35(39)37-27-38-36-17-8-10-19-42(36)47(43(38)28-40(37)44)29-46-41(24-25-45-3)32-22-20-31(21-23-32)34-15-11-14-33(26-34)30-12-5-4-6-13-30/h4-28,45H,29H2,1-3H3/b25-24-,46-41+. The van der Waals surface area contributed by atoms with Crippen molar-refractivity contribution in [2.24, 2.45) is 4.99 Å². The van der Waals surface area contributed by atoms with Crippen LogP contribution in [0.2, 0.25) is 0 Å². The Hall–Kier alpha value is -5.67. The number of benzene rings is 6. The minimum absolute atomic E-state index is 0.0618. The van der Waals surface area contributed by atoms with Crippen molar-refractivity contribution in [3.05, 3.63) is 168 Å². The molecular formula is C44H37N3. The van der Waals surface area contributed by atoms with Crippen LogP contribution < -0.4 is 5.32 Å². The molecular weight excluding hydrogens is 571 g/mol. The maximum Gasteiger partial charge on any atom is 0.115 e. The van der Waals surface area contributed by atoms with E-state index in [0.717, 1.165) is 11.3 Å². The van der Waals surface area contributed by atoms with E-state index in [4.69, 9.17) is 4.99 Å². The topological polar surface area (TPSA) is 29.3 Å². The number of hydrogen-bond donors (Lipinski definition) is 1. The van der Waals surface area contributed by atoms with E-state index >= 15 is 0 Å². The quantitative estimate of drug-likeness (QED) is 0.180. The summed E-state index contributed by atoms with van der Waals surface area (Å²) in [5, 5.41) is 5.69. The number of allylic oxidation sites excluding steroid dienone is 1. The van der Waals surface area contributed by atoms with Crippen LogP contribution in [0.15, 0.2) is 157 Å². The van der Waals surface area contributed by atoms with Crippen molar-refractivity contribution in [2.45, 2.75) is 25.9 Å². The van der Waals surface area contributed by atoms with Crippen molar-refractivity contribution < 1.29 is 0 Å².